The molecule has 100 valence electrons. The normalized spacial score (nSPS) is 14.9. The van der Waals surface area contributed by atoms with Crippen LogP contribution in [-0.4, -0.2) is 16.2 Å². The Morgan fingerprint density at radius 1 is 1.21 bits per heavy atom. The van der Waals surface area contributed by atoms with Crippen molar-refractivity contribution >= 4 is 0 Å². The minimum atomic E-state index is -1.46. The monoisotopic (exact) mass is 267 g/mol. The van der Waals surface area contributed by atoms with Gasteiger partial charge in [0.25, 0.3) is 0 Å². The molecular formula is C13H12F3N3. The van der Waals surface area contributed by atoms with E-state index in [1.807, 2.05) is 0 Å². The average Bonchev–Trinajstić information content (AvgIpc) is 3.10. The van der Waals surface area contributed by atoms with Crippen molar-refractivity contribution < 1.29 is 13.2 Å². The van der Waals surface area contributed by atoms with Crippen molar-refractivity contribution in [1.82, 2.24) is 15.5 Å². The summed E-state index contributed by atoms with van der Waals surface area (Å²) in [4.78, 5) is 0. The first kappa shape index (κ1) is 12.2. The summed E-state index contributed by atoms with van der Waals surface area (Å²) in [6.45, 7) is 0.567. The number of hydrogen-bond donors (Lipinski definition) is 2. The Balaban J connectivity index is 1.90. The zero-order chi connectivity index (χ0) is 13.4. The van der Waals surface area contributed by atoms with E-state index in [0.29, 0.717) is 18.3 Å². The SMILES string of the molecule is Fc1cc(-c2[nH]ncc2CNC2CC2)cc(F)c1F. The van der Waals surface area contributed by atoms with Gasteiger partial charge in [0.1, 0.15) is 0 Å². The molecule has 3 rings (SSSR count). The Morgan fingerprint density at radius 2 is 1.89 bits per heavy atom. The average molecular weight is 267 g/mol. The van der Waals surface area contributed by atoms with Gasteiger partial charge in [-0.05, 0) is 25.0 Å². The van der Waals surface area contributed by atoms with Gasteiger partial charge < -0.3 is 5.32 Å². The second-order valence-electron chi connectivity index (χ2n) is 4.68. The van der Waals surface area contributed by atoms with E-state index in [1.54, 1.807) is 6.20 Å². The van der Waals surface area contributed by atoms with Crippen LogP contribution in [0.2, 0.25) is 0 Å². The van der Waals surface area contributed by atoms with Gasteiger partial charge in [0.05, 0.1) is 11.9 Å². The van der Waals surface area contributed by atoms with Gasteiger partial charge >= 0.3 is 0 Å². The predicted molar refractivity (Wildman–Crippen MR) is 63.8 cm³/mol. The van der Waals surface area contributed by atoms with Gasteiger partial charge in [0.2, 0.25) is 0 Å². The number of halogens is 3. The third-order valence-electron chi connectivity index (χ3n) is 3.15. The zero-order valence-corrected chi connectivity index (χ0v) is 10.0. The van der Waals surface area contributed by atoms with Crippen LogP contribution < -0.4 is 5.32 Å². The molecule has 2 N–H and O–H groups in total. The summed E-state index contributed by atoms with van der Waals surface area (Å²) >= 11 is 0. The summed E-state index contributed by atoms with van der Waals surface area (Å²) in [5.74, 6) is -3.86. The van der Waals surface area contributed by atoms with Crippen molar-refractivity contribution in [3.63, 3.8) is 0 Å². The van der Waals surface area contributed by atoms with Gasteiger partial charge in [-0.25, -0.2) is 13.2 Å². The van der Waals surface area contributed by atoms with E-state index in [2.05, 4.69) is 15.5 Å². The highest BCUT2D eigenvalue weighted by atomic mass is 19.2. The van der Waals surface area contributed by atoms with E-state index < -0.39 is 17.5 Å². The number of hydrogen-bond acceptors (Lipinski definition) is 2. The quantitative estimate of drug-likeness (QED) is 0.836. The van der Waals surface area contributed by atoms with Gasteiger partial charge in [-0.3, -0.25) is 5.10 Å². The van der Waals surface area contributed by atoms with Crippen molar-refractivity contribution in [2.24, 2.45) is 0 Å². The molecule has 0 aliphatic heterocycles. The number of nitrogens with one attached hydrogen (secondary N) is 2. The fourth-order valence-electron chi connectivity index (χ4n) is 1.94. The molecule has 1 aliphatic rings. The Labute approximate surface area is 107 Å². The molecule has 6 heteroatoms. The standard InChI is InChI=1S/C13H12F3N3/c14-10-3-7(4-11(15)12(10)16)13-8(6-18-19-13)5-17-9-1-2-9/h3-4,6,9,17H,1-2,5H2,(H,18,19). The maximum atomic E-state index is 13.2. The van der Waals surface area contributed by atoms with E-state index >= 15 is 0 Å². The van der Waals surface area contributed by atoms with Crippen LogP contribution in [0.5, 0.6) is 0 Å². The lowest BCUT2D eigenvalue weighted by Crippen LogP contribution is -2.15. The fourth-order valence-corrected chi connectivity index (χ4v) is 1.94. The van der Waals surface area contributed by atoms with E-state index in [9.17, 15) is 13.2 Å². The molecule has 1 fully saturated rings. The summed E-state index contributed by atoms with van der Waals surface area (Å²) < 4.78 is 39.4. The minimum Gasteiger partial charge on any atom is -0.310 e. The van der Waals surface area contributed by atoms with Crippen molar-refractivity contribution in [1.29, 1.82) is 0 Å². The summed E-state index contributed by atoms with van der Waals surface area (Å²) in [7, 11) is 0. The zero-order valence-electron chi connectivity index (χ0n) is 10.0. The molecule has 0 atom stereocenters. The Bertz CT molecular complexity index is 582. The van der Waals surface area contributed by atoms with Gasteiger partial charge in [0.15, 0.2) is 17.5 Å². The molecule has 1 aliphatic carbocycles. The van der Waals surface area contributed by atoms with E-state index in [0.717, 1.165) is 30.5 Å². The van der Waals surface area contributed by atoms with Crippen LogP contribution in [0.15, 0.2) is 18.3 Å². The lowest BCUT2D eigenvalue weighted by Gasteiger charge is -2.05. The highest BCUT2D eigenvalue weighted by molar-refractivity contribution is 5.62. The summed E-state index contributed by atoms with van der Waals surface area (Å²) in [6.07, 6.45) is 3.89. The molecule has 3 nitrogen and oxygen atoms in total. The van der Waals surface area contributed by atoms with Crippen molar-refractivity contribution in [2.45, 2.75) is 25.4 Å². The molecule has 19 heavy (non-hydrogen) atoms. The number of aromatic nitrogens is 2. The maximum Gasteiger partial charge on any atom is 0.194 e. The summed E-state index contributed by atoms with van der Waals surface area (Å²) in [6, 6.07) is 2.45. The first-order valence-electron chi connectivity index (χ1n) is 6.05. The number of H-pyrrole nitrogens is 1. The second kappa shape index (κ2) is 4.70. The summed E-state index contributed by atoms with van der Waals surface area (Å²) in [5, 5.41) is 9.86. The Morgan fingerprint density at radius 3 is 2.53 bits per heavy atom. The molecule has 0 amide bonds. The van der Waals surface area contributed by atoms with Crippen LogP contribution in [0.3, 0.4) is 0 Å². The molecule has 1 saturated carbocycles. The van der Waals surface area contributed by atoms with Gasteiger partial charge in [-0.15, -0.1) is 0 Å². The molecule has 0 spiro atoms. The van der Waals surface area contributed by atoms with Crippen LogP contribution in [-0.2, 0) is 6.54 Å². The smallest absolute Gasteiger partial charge is 0.194 e. The van der Waals surface area contributed by atoms with Crippen LogP contribution in [0.25, 0.3) is 11.3 Å². The van der Waals surface area contributed by atoms with Gasteiger partial charge in [0, 0.05) is 23.7 Å². The lowest BCUT2D eigenvalue weighted by molar-refractivity contribution is 0.447. The van der Waals surface area contributed by atoms with E-state index in [4.69, 9.17) is 0 Å². The second-order valence-corrected chi connectivity index (χ2v) is 4.68. The number of benzene rings is 1. The molecule has 0 radical (unpaired) electrons. The first-order valence-corrected chi connectivity index (χ1v) is 6.05. The molecule has 1 aromatic heterocycles. The first-order chi connectivity index (χ1) is 9.15. The topological polar surface area (TPSA) is 40.7 Å². The molecule has 1 heterocycles. The van der Waals surface area contributed by atoms with Crippen LogP contribution in [0.4, 0.5) is 13.2 Å². The molecule has 1 aromatic carbocycles. The Kier molecular flexibility index (Phi) is 3.02. The number of aromatic amines is 1. The molecule has 0 unspecified atom stereocenters. The number of rotatable bonds is 4. The van der Waals surface area contributed by atoms with Crippen LogP contribution >= 0.6 is 0 Å². The maximum absolute atomic E-state index is 13.2. The Hall–Kier alpha value is -1.82. The number of nitrogens with zero attached hydrogens (tertiary/aromatic N) is 1. The lowest BCUT2D eigenvalue weighted by atomic mass is 10.1. The molecule has 2 aromatic rings. The summed E-state index contributed by atoms with van der Waals surface area (Å²) in [5.41, 5.74) is 1.56. The predicted octanol–water partition coefficient (Wildman–Crippen LogP) is 2.75. The van der Waals surface area contributed by atoms with Crippen molar-refractivity contribution in [3.05, 3.63) is 41.3 Å². The molecule has 0 bridgehead atoms. The van der Waals surface area contributed by atoms with E-state index in [1.165, 1.54) is 0 Å². The highest BCUT2D eigenvalue weighted by Crippen LogP contribution is 2.26. The largest absolute Gasteiger partial charge is 0.310 e. The fraction of sp³-hybridized carbons (Fsp3) is 0.308. The third-order valence-corrected chi connectivity index (χ3v) is 3.15. The van der Waals surface area contributed by atoms with Gasteiger partial charge in [-0.2, -0.15) is 5.10 Å². The van der Waals surface area contributed by atoms with Crippen LogP contribution in [0, 0.1) is 17.5 Å². The minimum absolute atomic E-state index is 0.251. The van der Waals surface area contributed by atoms with Crippen molar-refractivity contribution in [3.8, 4) is 11.3 Å². The van der Waals surface area contributed by atoms with Crippen LogP contribution in [0.1, 0.15) is 18.4 Å². The van der Waals surface area contributed by atoms with Crippen molar-refractivity contribution in [2.75, 3.05) is 0 Å². The molecule has 0 saturated heterocycles. The van der Waals surface area contributed by atoms with E-state index in [-0.39, 0.29) is 5.56 Å². The third kappa shape index (κ3) is 2.49. The van der Waals surface area contributed by atoms with Gasteiger partial charge in [-0.1, -0.05) is 0 Å². The molecular weight excluding hydrogens is 255 g/mol. The highest BCUT2D eigenvalue weighted by Gasteiger charge is 2.21.